The van der Waals surface area contributed by atoms with E-state index in [2.05, 4.69) is 67.6 Å². The van der Waals surface area contributed by atoms with E-state index in [1.54, 1.807) is 0 Å². The third-order valence-corrected chi connectivity index (χ3v) is 4.71. The van der Waals surface area contributed by atoms with E-state index < -0.39 is 5.60 Å². The lowest BCUT2D eigenvalue weighted by Gasteiger charge is -2.32. The molecule has 116 valence electrons. The number of hydrogen-bond acceptors (Lipinski definition) is 2. The molecule has 0 radical (unpaired) electrons. The maximum atomic E-state index is 6.59. The van der Waals surface area contributed by atoms with Gasteiger partial charge in [-0.05, 0) is 18.1 Å². The van der Waals surface area contributed by atoms with Crippen molar-refractivity contribution in [3.63, 3.8) is 0 Å². The van der Waals surface area contributed by atoms with E-state index in [-0.39, 0.29) is 18.3 Å². The molecule has 1 heterocycles. The Bertz CT molecular complexity index is 667. The predicted molar refractivity (Wildman–Crippen MR) is 90.9 cm³/mol. The van der Waals surface area contributed by atoms with Gasteiger partial charge in [-0.15, -0.1) is 0 Å². The Hall–Kier alpha value is -2.16. The van der Waals surface area contributed by atoms with Gasteiger partial charge in [0.15, 0.2) is 6.29 Å². The number of hydrogen-bond donors (Lipinski definition) is 0. The van der Waals surface area contributed by atoms with Crippen LogP contribution in [0.4, 0.5) is 0 Å². The van der Waals surface area contributed by atoms with Gasteiger partial charge in [0.25, 0.3) is 0 Å². The summed E-state index contributed by atoms with van der Waals surface area (Å²) in [6.07, 6.45) is 8.02. The van der Waals surface area contributed by atoms with Crippen LogP contribution in [0.2, 0.25) is 0 Å². The van der Waals surface area contributed by atoms with Gasteiger partial charge < -0.3 is 9.47 Å². The standard InChI is InChI=1S/C21H20O2/c1-16-21(18-12-4-2-5-13-18,19-14-6-3-7-15-19)23-20(22-16)17-10-8-9-11-17/h2-17,20H,1H3/t16-,20-/m0/s1. The van der Waals surface area contributed by atoms with E-state index in [0.29, 0.717) is 0 Å². The van der Waals surface area contributed by atoms with Gasteiger partial charge in [0.2, 0.25) is 0 Å². The Balaban J connectivity index is 1.80. The zero-order valence-corrected chi connectivity index (χ0v) is 13.1. The molecule has 1 fully saturated rings. The molecule has 0 aromatic heterocycles. The lowest BCUT2D eigenvalue weighted by molar-refractivity contribution is -0.0952. The molecule has 1 aliphatic heterocycles. The van der Waals surface area contributed by atoms with Crippen LogP contribution in [-0.4, -0.2) is 12.4 Å². The Morgan fingerprint density at radius 3 is 1.83 bits per heavy atom. The average Bonchev–Trinajstić information content (AvgIpc) is 3.25. The summed E-state index contributed by atoms with van der Waals surface area (Å²) in [6, 6.07) is 20.8. The highest BCUT2D eigenvalue weighted by Crippen LogP contribution is 2.46. The van der Waals surface area contributed by atoms with Gasteiger partial charge in [0, 0.05) is 5.92 Å². The summed E-state index contributed by atoms with van der Waals surface area (Å²) in [5.41, 5.74) is 1.69. The molecule has 2 atom stereocenters. The van der Waals surface area contributed by atoms with E-state index in [4.69, 9.17) is 9.47 Å². The van der Waals surface area contributed by atoms with Gasteiger partial charge in [0.1, 0.15) is 5.60 Å². The van der Waals surface area contributed by atoms with Crippen molar-refractivity contribution >= 4 is 0 Å². The molecular weight excluding hydrogens is 284 g/mol. The zero-order chi connectivity index (χ0) is 15.7. The molecule has 2 aliphatic rings. The first-order valence-electron chi connectivity index (χ1n) is 8.10. The topological polar surface area (TPSA) is 18.5 Å². The molecule has 2 aromatic rings. The number of ether oxygens (including phenoxy) is 2. The SMILES string of the molecule is C[C@@H]1O[C@H](C2C=CC=C2)OC1(c1ccccc1)c1ccccc1. The van der Waals surface area contributed by atoms with E-state index in [1.165, 1.54) is 0 Å². The molecule has 0 bridgehead atoms. The normalized spacial score (nSPS) is 26.0. The molecule has 0 unspecified atom stereocenters. The van der Waals surface area contributed by atoms with Gasteiger partial charge in [-0.1, -0.05) is 85.0 Å². The van der Waals surface area contributed by atoms with E-state index in [9.17, 15) is 0 Å². The Morgan fingerprint density at radius 2 is 1.30 bits per heavy atom. The summed E-state index contributed by atoms with van der Waals surface area (Å²) >= 11 is 0. The summed E-state index contributed by atoms with van der Waals surface area (Å²) in [4.78, 5) is 0. The van der Waals surface area contributed by atoms with E-state index in [0.717, 1.165) is 11.1 Å². The molecule has 23 heavy (non-hydrogen) atoms. The second kappa shape index (κ2) is 5.80. The highest BCUT2D eigenvalue weighted by molar-refractivity contribution is 5.39. The molecule has 2 heteroatoms. The average molecular weight is 304 g/mol. The highest BCUT2D eigenvalue weighted by atomic mass is 16.7. The smallest absolute Gasteiger partial charge is 0.169 e. The maximum Gasteiger partial charge on any atom is 0.169 e. The first-order valence-corrected chi connectivity index (χ1v) is 8.10. The summed E-state index contributed by atoms with van der Waals surface area (Å²) in [5, 5.41) is 0. The summed E-state index contributed by atoms with van der Waals surface area (Å²) in [5.74, 6) is 0.173. The monoisotopic (exact) mass is 304 g/mol. The lowest BCUT2D eigenvalue weighted by atomic mass is 9.82. The van der Waals surface area contributed by atoms with Crippen LogP contribution < -0.4 is 0 Å². The molecule has 2 aromatic carbocycles. The van der Waals surface area contributed by atoms with Gasteiger partial charge in [-0.2, -0.15) is 0 Å². The fourth-order valence-electron chi connectivity index (χ4n) is 3.55. The van der Waals surface area contributed by atoms with Crippen molar-refractivity contribution in [3.05, 3.63) is 96.1 Å². The fourth-order valence-corrected chi connectivity index (χ4v) is 3.55. The second-order valence-corrected chi connectivity index (χ2v) is 6.08. The van der Waals surface area contributed by atoms with E-state index in [1.807, 2.05) is 24.3 Å². The first kappa shape index (κ1) is 14.4. The lowest BCUT2D eigenvalue weighted by Crippen LogP contribution is -2.36. The third kappa shape index (κ3) is 2.35. The summed E-state index contributed by atoms with van der Waals surface area (Å²) in [6.45, 7) is 2.10. The van der Waals surface area contributed by atoms with Crippen molar-refractivity contribution < 1.29 is 9.47 Å². The van der Waals surface area contributed by atoms with Crippen molar-refractivity contribution in [2.45, 2.75) is 24.9 Å². The van der Waals surface area contributed by atoms with Crippen LogP contribution in [0, 0.1) is 5.92 Å². The fraction of sp³-hybridized carbons (Fsp3) is 0.238. The molecule has 0 amide bonds. The van der Waals surface area contributed by atoms with Crippen molar-refractivity contribution in [1.29, 1.82) is 0 Å². The minimum absolute atomic E-state index is 0.0697. The molecule has 0 spiro atoms. The van der Waals surface area contributed by atoms with Gasteiger partial charge in [-0.25, -0.2) is 0 Å². The minimum atomic E-state index is -0.572. The van der Waals surface area contributed by atoms with Crippen LogP contribution in [0.1, 0.15) is 18.1 Å². The van der Waals surface area contributed by atoms with Gasteiger partial charge >= 0.3 is 0 Å². The van der Waals surface area contributed by atoms with Crippen molar-refractivity contribution in [2.24, 2.45) is 5.92 Å². The van der Waals surface area contributed by atoms with Crippen LogP contribution in [0.5, 0.6) is 0 Å². The number of benzene rings is 2. The number of rotatable bonds is 3. The van der Waals surface area contributed by atoms with Crippen molar-refractivity contribution in [3.8, 4) is 0 Å². The molecule has 2 nitrogen and oxygen atoms in total. The molecular formula is C21H20O2. The molecule has 0 saturated carbocycles. The quantitative estimate of drug-likeness (QED) is 0.835. The Labute approximate surface area is 137 Å². The Morgan fingerprint density at radius 1 is 0.783 bits per heavy atom. The van der Waals surface area contributed by atoms with Gasteiger partial charge in [-0.3, -0.25) is 0 Å². The summed E-state index contributed by atoms with van der Waals surface area (Å²) < 4.78 is 12.8. The van der Waals surface area contributed by atoms with Crippen LogP contribution >= 0.6 is 0 Å². The van der Waals surface area contributed by atoms with Crippen LogP contribution in [0.25, 0.3) is 0 Å². The maximum absolute atomic E-state index is 6.59. The van der Waals surface area contributed by atoms with Crippen LogP contribution in [-0.2, 0) is 15.1 Å². The van der Waals surface area contributed by atoms with E-state index >= 15 is 0 Å². The number of allylic oxidation sites excluding steroid dienone is 2. The summed E-state index contributed by atoms with van der Waals surface area (Å²) in [7, 11) is 0. The van der Waals surface area contributed by atoms with Crippen LogP contribution in [0.3, 0.4) is 0 Å². The molecule has 4 rings (SSSR count). The third-order valence-electron chi connectivity index (χ3n) is 4.71. The highest BCUT2D eigenvalue weighted by Gasteiger charge is 2.51. The molecule has 1 saturated heterocycles. The predicted octanol–water partition coefficient (Wildman–Crippen LogP) is 4.43. The molecule has 0 N–H and O–H groups in total. The first-order chi connectivity index (χ1) is 11.3. The Kier molecular flexibility index (Phi) is 3.64. The minimum Gasteiger partial charge on any atom is -0.345 e. The van der Waals surface area contributed by atoms with Crippen molar-refractivity contribution in [1.82, 2.24) is 0 Å². The second-order valence-electron chi connectivity index (χ2n) is 6.08. The van der Waals surface area contributed by atoms with Crippen molar-refractivity contribution in [2.75, 3.05) is 0 Å². The van der Waals surface area contributed by atoms with Crippen LogP contribution in [0.15, 0.2) is 85.0 Å². The zero-order valence-electron chi connectivity index (χ0n) is 13.1. The largest absolute Gasteiger partial charge is 0.345 e. The molecule has 1 aliphatic carbocycles. The van der Waals surface area contributed by atoms with Gasteiger partial charge in [0.05, 0.1) is 6.10 Å².